The van der Waals surface area contributed by atoms with Gasteiger partial charge in [-0.15, -0.1) is 13.2 Å². The van der Waals surface area contributed by atoms with E-state index in [1.54, 1.807) is 0 Å². The molecular weight excluding hydrogens is 347 g/mol. The second-order valence-corrected chi connectivity index (χ2v) is 5.69. The Morgan fingerprint density at radius 1 is 1.19 bits per heavy atom. The van der Waals surface area contributed by atoms with E-state index in [0.717, 1.165) is 29.2 Å². The summed E-state index contributed by atoms with van der Waals surface area (Å²) in [6.45, 7) is 1.89. The fraction of sp³-hybridized carbons (Fsp3) is 0.222. The number of carbonyl (C=O) groups is 1. The van der Waals surface area contributed by atoms with Crippen LogP contribution in [-0.4, -0.2) is 21.7 Å². The summed E-state index contributed by atoms with van der Waals surface area (Å²) < 4.78 is 42.1. The minimum atomic E-state index is -4.74. The van der Waals surface area contributed by atoms with Crippen LogP contribution >= 0.6 is 0 Å². The van der Waals surface area contributed by atoms with Crippen molar-refractivity contribution in [1.29, 1.82) is 0 Å². The molecule has 2 aromatic heterocycles. The maximum Gasteiger partial charge on any atom is 0.573 e. The number of anilines is 1. The summed E-state index contributed by atoms with van der Waals surface area (Å²) >= 11 is 0. The molecular formula is C18H16F3N3O2. The fourth-order valence-corrected chi connectivity index (χ4v) is 2.66. The topological polar surface area (TPSA) is 55.6 Å². The van der Waals surface area contributed by atoms with Crippen LogP contribution in [0.1, 0.15) is 17.8 Å². The van der Waals surface area contributed by atoms with Crippen LogP contribution in [0.15, 0.2) is 48.7 Å². The lowest BCUT2D eigenvalue weighted by Gasteiger charge is -2.10. The lowest BCUT2D eigenvalue weighted by Crippen LogP contribution is -2.17. The highest BCUT2D eigenvalue weighted by atomic mass is 19.4. The molecule has 1 N–H and O–H groups in total. The molecule has 1 amide bonds. The lowest BCUT2D eigenvalue weighted by molar-refractivity contribution is -0.274. The molecule has 0 saturated carbocycles. The number of alkyl halides is 3. The number of hydrogen-bond donors (Lipinski definition) is 1. The smallest absolute Gasteiger partial charge is 0.406 e. The zero-order valence-electron chi connectivity index (χ0n) is 13.9. The van der Waals surface area contributed by atoms with Gasteiger partial charge in [-0.1, -0.05) is 6.07 Å². The predicted octanol–water partition coefficient (Wildman–Crippen LogP) is 4.11. The number of nitrogens with one attached hydrogen (secondary N) is 1. The van der Waals surface area contributed by atoms with E-state index in [1.165, 1.54) is 12.1 Å². The van der Waals surface area contributed by atoms with Crippen molar-refractivity contribution in [3.05, 3.63) is 60.0 Å². The van der Waals surface area contributed by atoms with E-state index in [0.29, 0.717) is 12.1 Å². The van der Waals surface area contributed by atoms with E-state index in [4.69, 9.17) is 0 Å². The van der Waals surface area contributed by atoms with Gasteiger partial charge in [0.05, 0.1) is 5.69 Å². The van der Waals surface area contributed by atoms with Crippen molar-refractivity contribution in [1.82, 2.24) is 9.38 Å². The number of halogens is 3. The molecule has 136 valence electrons. The number of carbonyl (C=O) groups excluding carboxylic acids is 1. The van der Waals surface area contributed by atoms with Gasteiger partial charge >= 0.3 is 6.36 Å². The molecule has 0 aliphatic rings. The maximum absolute atomic E-state index is 12.1. The largest absolute Gasteiger partial charge is 0.573 e. The van der Waals surface area contributed by atoms with Gasteiger partial charge in [-0.2, -0.15) is 0 Å². The fourth-order valence-electron chi connectivity index (χ4n) is 2.66. The number of fused-ring (bicyclic) bond motifs is 1. The lowest BCUT2D eigenvalue weighted by atomic mass is 10.2. The Bertz CT molecular complexity index is 918. The molecule has 5 nitrogen and oxygen atoms in total. The first-order valence-corrected chi connectivity index (χ1v) is 7.90. The first kappa shape index (κ1) is 17.8. The molecule has 0 fully saturated rings. The van der Waals surface area contributed by atoms with Crippen LogP contribution in [-0.2, 0) is 11.2 Å². The summed E-state index contributed by atoms with van der Waals surface area (Å²) in [6, 6.07) is 10.7. The average Bonchev–Trinajstić information content (AvgIpc) is 2.89. The van der Waals surface area contributed by atoms with Gasteiger partial charge in [0.15, 0.2) is 0 Å². The van der Waals surface area contributed by atoms with Crippen molar-refractivity contribution in [3.63, 3.8) is 0 Å². The van der Waals surface area contributed by atoms with Crippen LogP contribution < -0.4 is 10.1 Å². The van der Waals surface area contributed by atoms with Crippen LogP contribution in [0, 0.1) is 6.92 Å². The number of imidazole rings is 1. The number of aromatic nitrogens is 2. The third-order valence-corrected chi connectivity index (χ3v) is 3.79. The average molecular weight is 363 g/mol. The summed E-state index contributed by atoms with van der Waals surface area (Å²) in [7, 11) is 0. The number of pyridine rings is 1. The van der Waals surface area contributed by atoms with E-state index in [1.807, 2.05) is 35.7 Å². The molecule has 2 heterocycles. The Hall–Kier alpha value is -3.03. The van der Waals surface area contributed by atoms with Crippen molar-refractivity contribution in [3.8, 4) is 5.75 Å². The summed E-state index contributed by atoms with van der Waals surface area (Å²) in [5, 5.41) is 2.66. The Balaban J connectivity index is 1.59. The molecule has 3 aromatic rings. The van der Waals surface area contributed by atoms with Crippen molar-refractivity contribution in [2.75, 3.05) is 5.32 Å². The minimum Gasteiger partial charge on any atom is -0.406 e. The van der Waals surface area contributed by atoms with Crippen molar-refractivity contribution < 1.29 is 22.7 Å². The Morgan fingerprint density at radius 2 is 1.92 bits per heavy atom. The zero-order valence-corrected chi connectivity index (χ0v) is 13.9. The van der Waals surface area contributed by atoms with E-state index >= 15 is 0 Å². The van der Waals surface area contributed by atoms with Gasteiger partial charge in [-0.25, -0.2) is 4.98 Å². The molecule has 0 aliphatic heterocycles. The third kappa shape index (κ3) is 4.33. The molecule has 0 atom stereocenters. The minimum absolute atomic E-state index is 0.227. The summed E-state index contributed by atoms with van der Waals surface area (Å²) in [5.41, 5.74) is 3.03. The highest BCUT2D eigenvalue weighted by Crippen LogP contribution is 2.24. The number of aryl methyl sites for hydroxylation is 2. The van der Waals surface area contributed by atoms with Crippen LogP contribution in [0.5, 0.6) is 5.75 Å². The molecule has 3 rings (SSSR count). The van der Waals surface area contributed by atoms with Gasteiger partial charge in [0, 0.05) is 24.0 Å². The monoisotopic (exact) mass is 363 g/mol. The van der Waals surface area contributed by atoms with E-state index in [2.05, 4.69) is 15.0 Å². The quantitative estimate of drug-likeness (QED) is 0.742. The number of hydrogen-bond acceptors (Lipinski definition) is 3. The normalized spacial score (nSPS) is 11.5. The Kier molecular flexibility index (Phi) is 4.83. The number of nitrogens with zero attached hydrogens (tertiary/aromatic N) is 2. The summed E-state index contributed by atoms with van der Waals surface area (Å²) in [4.78, 5) is 16.6. The molecule has 0 aliphatic carbocycles. The van der Waals surface area contributed by atoms with Crippen molar-refractivity contribution in [2.45, 2.75) is 26.1 Å². The molecule has 8 heteroatoms. The Labute approximate surface area is 147 Å². The number of amides is 1. The SMILES string of the molecule is Cc1nc2ccccn2c1CCC(=O)Nc1ccc(OC(F)(F)F)cc1. The predicted molar refractivity (Wildman–Crippen MR) is 90.0 cm³/mol. The van der Waals surface area contributed by atoms with Gasteiger partial charge in [-0.05, 0) is 49.7 Å². The van der Waals surface area contributed by atoms with E-state index in [9.17, 15) is 18.0 Å². The third-order valence-electron chi connectivity index (χ3n) is 3.79. The van der Waals surface area contributed by atoms with Gasteiger partial charge in [0.2, 0.25) is 5.91 Å². The van der Waals surface area contributed by atoms with Crippen molar-refractivity contribution in [2.24, 2.45) is 0 Å². The van der Waals surface area contributed by atoms with E-state index in [-0.39, 0.29) is 18.1 Å². The molecule has 26 heavy (non-hydrogen) atoms. The van der Waals surface area contributed by atoms with Crippen LogP contribution in [0.3, 0.4) is 0 Å². The summed E-state index contributed by atoms with van der Waals surface area (Å²) in [6.07, 6.45) is -2.12. The van der Waals surface area contributed by atoms with Gasteiger partial charge in [0.1, 0.15) is 11.4 Å². The second-order valence-electron chi connectivity index (χ2n) is 5.69. The van der Waals surface area contributed by atoms with Gasteiger partial charge < -0.3 is 14.5 Å². The van der Waals surface area contributed by atoms with Crippen LogP contribution in [0.25, 0.3) is 5.65 Å². The molecule has 0 saturated heterocycles. The van der Waals surface area contributed by atoms with Crippen molar-refractivity contribution >= 4 is 17.2 Å². The zero-order chi connectivity index (χ0) is 18.7. The standard InChI is InChI=1S/C18H16F3N3O2/c1-12-15(24-11-3-2-4-16(24)22-12)9-10-17(25)23-13-5-7-14(8-6-13)26-18(19,20)21/h2-8,11H,9-10H2,1H3,(H,23,25). The van der Waals surface area contributed by atoms with Crippen LogP contribution in [0.4, 0.5) is 18.9 Å². The molecule has 0 bridgehead atoms. The first-order valence-electron chi connectivity index (χ1n) is 7.90. The van der Waals surface area contributed by atoms with Gasteiger partial charge in [0.25, 0.3) is 0 Å². The number of benzene rings is 1. The highest BCUT2D eigenvalue weighted by Gasteiger charge is 2.30. The van der Waals surface area contributed by atoms with Gasteiger partial charge in [-0.3, -0.25) is 4.79 Å². The first-order chi connectivity index (χ1) is 12.3. The van der Waals surface area contributed by atoms with Crippen LogP contribution in [0.2, 0.25) is 0 Å². The molecule has 0 unspecified atom stereocenters. The number of rotatable bonds is 5. The number of ether oxygens (including phenoxy) is 1. The molecule has 0 radical (unpaired) electrons. The maximum atomic E-state index is 12.1. The molecule has 1 aromatic carbocycles. The summed E-state index contributed by atoms with van der Waals surface area (Å²) in [5.74, 6) is -0.573. The Morgan fingerprint density at radius 3 is 2.62 bits per heavy atom. The molecule has 0 spiro atoms. The highest BCUT2D eigenvalue weighted by molar-refractivity contribution is 5.90. The van der Waals surface area contributed by atoms with E-state index < -0.39 is 6.36 Å². The second kappa shape index (κ2) is 7.07.